The Labute approximate surface area is 146 Å². The molecule has 1 saturated heterocycles. The molecule has 0 aromatic heterocycles. The van der Waals surface area contributed by atoms with E-state index in [9.17, 15) is 4.79 Å². The highest BCUT2D eigenvalue weighted by Crippen LogP contribution is 2.41. The normalized spacial score (nSPS) is 23.1. The van der Waals surface area contributed by atoms with Crippen LogP contribution in [0.4, 0.5) is 5.69 Å². The molecule has 1 unspecified atom stereocenters. The number of rotatable bonds is 5. The molecule has 1 N–H and O–H groups in total. The number of anilines is 1. The van der Waals surface area contributed by atoms with E-state index in [4.69, 9.17) is 9.47 Å². The van der Waals surface area contributed by atoms with Crippen LogP contribution in [0.25, 0.3) is 0 Å². The molecule has 1 aromatic rings. The number of aryl methyl sites for hydroxylation is 1. The van der Waals surface area contributed by atoms with E-state index in [1.165, 1.54) is 5.56 Å². The fraction of sp³-hybridized carbons (Fsp3) is 0.611. The molecule has 126 valence electrons. The number of benzene rings is 1. The van der Waals surface area contributed by atoms with E-state index < -0.39 is 5.79 Å². The third-order valence-electron chi connectivity index (χ3n) is 4.69. The Kier molecular flexibility index (Phi) is 5.72. The van der Waals surface area contributed by atoms with Crippen LogP contribution in [0.5, 0.6) is 0 Å². The Hall–Kier alpha value is -0.910. The van der Waals surface area contributed by atoms with E-state index in [1.807, 2.05) is 12.1 Å². The molecule has 1 saturated carbocycles. The van der Waals surface area contributed by atoms with Crippen molar-refractivity contribution < 1.29 is 14.3 Å². The molecule has 0 radical (unpaired) electrons. The zero-order valence-corrected chi connectivity index (χ0v) is 14.9. The maximum absolute atomic E-state index is 12.8. The number of halogens is 1. The third kappa shape index (κ3) is 3.95. The number of alkyl halides is 1. The predicted molar refractivity (Wildman–Crippen MR) is 93.8 cm³/mol. The number of ether oxygens (including phenoxy) is 2. The number of hydrogen-bond acceptors (Lipinski definition) is 3. The standard InChI is InChI=1S/C18H24BrNO3/c19-10-4-6-14-5-3-7-15(13-14)20-17(21)16-8-1-2-9-18(16)22-11-12-23-18/h3,5,7,13,16H,1-2,4,6,8-12H2,(H,20,21). The minimum absolute atomic E-state index is 0.0178. The van der Waals surface area contributed by atoms with E-state index in [1.54, 1.807) is 0 Å². The molecule has 4 nitrogen and oxygen atoms in total. The fourth-order valence-electron chi connectivity index (χ4n) is 3.57. The Balaban J connectivity index is 1.68. The number of nitrogens with one attached hydrogen (secondary N) is 1. The average molecular weight is 382 g/mol. The van der Waals surface area contributed by atoms with Gasteiger partial charge in [-0.2, -0.15) is 0 Å². The summed E-state index contributed by atoms with van der Waals surface area (Å²) in [5.41, 5.74) is 2.11. The lowest BCUT2D eigenvalue weighted by Gasteiger charge is -2.38. The van der Waals surface area contributed by atoms with Gasteiger partial charge in [0, 0.05) is 17.4 Å². The van der Waals surface area contributed by atoms with Gasteiger partial charge < -0.3 is 14.8 Å². The average Bonchev–Trinajstić information content (AvgIpc) is 3.02. The maximum Gasteiger partial charge on any atom is 0.232 e. The molecule has 2 fully saturated rings. The van der Waals surface area contributed by atoms with Gasteiger partial charge in [0.05, 0.1) is 19.1 Å². The monoisotopic (exact) mass is 381 g/mol. The second-order valence-electron chi connectivity index (χ2n) is 6.29. The zero-order chi connectivity index (χ0) is 16.1. The third-order valence-corrected chi connectivity index (χ3v) is 5.25. The van der Waals surface area contributed by atoms with Gasteiger partial charge in [-0.15, -0.1) is 0 Å². The summed E-state index contributed by atoms with van der Waals surface area (Å²) in [5, 5.41) is 4.06. The van der Waals surface area contributed by atoms with Gasteiger partial charge >= 0.3 is 0 Å². The first kappa shape index (κ1) is 16.9. The van der Waals surface area contributed by atoms with Crippen LogP contribution in [-0.2, 0) is 20.7 Å². The summed E-state index contributed by atoms with van der Waals surface area (Å²) >= 11 is 3.45. The molecule has 1 heterocycles. The Morgan fingerprint density at radius 1 is 1.30 bits per heavy atom. The summed E-state index contributed by atoms with van der Waals surface area (Å²) < 4.78 is 11.7. The molecule has 1 amide bonds. The second kappa shape index (κ2) is 7.77. The first-order valence-electron chi connectivity index (χ1n) is 8.47. The van der Waals surface area contributed by atoms with Crippen molar-refractivity contribution in [3.05, 3.63) is 29.8 Å². The fourth-order valence-corrected chi connectivity index (χ4v) is 3.85. The molecule has 1 spiro atoms. The van der Waals surface area contributed by atoms with Gasteiger partial charge in [-0.25, -0.2) is 0 Å². The number of hydrogen-bond donors (Lipinski definition) is 1. The van der Waals surface area contributed by atoms with Crippen molar-refractivity contribution >= 4 is 27.5 Å². The van der Waals surface area contributed by atoms with Crippen LogP contribution in [0.15, 0.2) is 24.3 Å². The van der Waals surface area contributed by atoms with Crippen molar-refractivity contribution in [2.24, 2.45) is 5.92 Å². The van der Waals surface area contributed by atoms with Gasteiger partial charge in [0.25, 0.3) is 0 Å². The van der Waals surface area contributed by atoms with Crippen molar-refractivity contribution in [1.82, 2.24) is 0 Å². The van der Waals surface area contributed by atoms with Crippen molar-refractivity contribution in [1.29, 1.82) is 0 Å². The molecular formula is C18H24BrNO3. The Bertz CT molecular complexity index is 543. The summed E-state index contributed by atoms with van der Waals surface area (Å²) in [6.45, 7) is 1.18. The largest absolute Gasteiger partial charge is 0.347 e. The maximum atomic E-state index is 12.8. The summed E-state index contributed by atoms with van der Waals surface area (Å²) in [7, 11) is 0. The molecule has 1 aliphatic heterocycles. The van der Waals surface area contributed by atoms with Gasteiger partial charge in [-0.3, -0.25) is 4.79 Å². The lowest BCUT2D eigenvalue weighted by Crippen LogP contribution is -2.47. The number of carbonyl (C=O) groups excluding carboxylic acids is 1. The van der Waals surface area contributed by atoms with E-state index in [0.717, 1.165) is 49.5 Å². The highest BCUT2D eigenvalue weighted by atomic mass is 79.9. The molecule has 1 aromatic carbocycles. The van der Waals surface area contributed by atoms with Gasteiger partial charge in [0.1, 0.15) is 0 Å². The lowest BCUT2D eigenvalue weighted by atomic mass is 9.82. The van der Waals surface area contributed by atoms with Crippen LogP contribution >= 0.6 is 15.9 Å². The minimum Gasteiger partial charge on any atom is -0.347 e. The zero-order valence-electron chi connectivity index (χ0n) is 13.4. The van der Waals surface area contributed by atoms with E-state index in [0.29, 0.717) is 13.2 Å². The van der Waals surface area contributed by atoms with Gasteiger partial charge in [-0.05, 0) is 43.4 Å². The number of amides is 1. The molecule has 23 heavy (non-hydrogen) atoms. The number of carbonyl (C=O) groups is 1. The molecule has 3 rings (SSSR count). The quantitative estimate of drug-likeness (QED) is 0.787. The Morgan fingerprint density at radius 3 is 2.91 bits per heavy atom. The van der Waals surface area contributed by atoms with Crippen molar-refractivity contribution in [3.8, 4) is 0 Å². The summed E-state index contributed by atoms with van der Waals surface area (Å²) in [5.74, 6) is -0.884. The van der Waals surface area contributed by atoms with Gasteiger partial charge in [0.2, 0.25) is 5.91 Å². The molecule has 1 atom stereocenters. The van der Waals surface area contributed by atoms with E-state index in [-0.39, 0.29) is 11.8 Å². The molecule has 5 heteroatoms. The molecular weight excluding hydrogens is 358 g/mol. The molecule has 1 aliphatic carbocycles. The van der Waals surface area contributed by atoms with Crippen LogP contribution in [-0.4, -0.2) is 30.2 Å². The lowest BCUT2D eigenvalue weighted by molar-refractivity contribution is -0.210. The highest BCUT2D eigenvalue weighted by molar-refractivity contribution is 9.09. The SMILES string of the molecule is O=C(Nc1cccc(CCCBr)c1)C1CCCCC12OCCO2. The molecule has 0 bridgehead atoms. The van der Waals surface area contributed by atoms with Gasteiger partial charge in [0.15, 0.2) is 5.79 Å². The van der Waals surface area contributed by atoms with Gasteiger partial charge in [-0.1, -0.05) is 34.5 Å². The van der Waals surface area contributed by atoms with Crippen LogP contribution in [0.3, 0.4) is 0 Å². The Morgan fingerprint density at radius 2 is 2.13 bits per heavy atom. The van der Waals surface area contributed by atoms with Crippen LogP contribution < -0.4 is 5.32 Å². The first-order valence-corrected chi connectivity index (χ1v) is 9.59. The van der Waals surface area contributed by atoms with Crippen LogP contribution in [0.1, 0.15) is 37.7 Å². The summed E-state index contributed by atoms with van der Waals surface area (Å²) in [6, 6.07) is 8.11. The van der Waals surface area contributed by atoms with E-state index >= 15 is 0 Å². The van der Waals surface area contributed by atoms with Crippen molar-refractivity contribution in [2.45, 2.75) is 44.3 Å². The van der Waals surface area contributed by atoms with Crippen LogP contribution in [0.2, 0.25) is 0 Å². The van der Waals surface area contributed by atoms with Crippen LogP contribution in [0, 0.1) is 5.92 Å². The second-order valence-corrected chi connectivity index (χ2v) is 7.08. The smallest absolute Gasteiger partial charge is 0.232 e. The summed E-state index contributed by atoms with van der Waals surface area (Å²) in [4.78, 5) is 12.8. The van der Waals surface area contributed by atoms with Crippen molar-refractivity contribution in [3.63, 3.8) is 0 Å². The molecule has 2 aliphatic rings. The van der Waals surface area contributed by atoms with E-state index in [2.05, 4.69) is 33.4 Å². The topological polar surface area (TPSA) is 47.6 Å². The highest BCUT2D eigenvalue weighted by Gasteiger charge is 2.49. The predicted octanol–water partition coefficient (Wildman–Crippen LogP) is 3.89. The minimum atomic E-state index is -0.685. The summed E-state index contributed by atoms with van der Waals surface area (Å²) in [6.07, 6.45) is 5.86. The first-order chi connectivity index (χ1) is 11.2. The van der Waals surface area contributed by atoms with Crippen molar-refractivity contribution in [2.75, 3.05) is 23.9 Å².